The Kier molecular flexibility index (Phi) is 2.67. The van der Waals surface area contributed by atoms with Crippen LogP contribution >= 0.6 is 0 Å². The van der Waals surface area contributed by atoms with Crippen LogP contribution in [-0.4, -0.2) is 12.1 Å². The number of nitrogens with one attached hydrogen (secondary N) is 1. The van der Waals surface area contributed by atoms with Gasteiger partial charge < -0.3 is 10.2 Å². The van der Waals surface area contributed by atoms with Gasteiger partial charge in [0.2, 0.25) is 0 Å². The first-order chi connectivity index (χ1) is 6.22. The van der Waals surface area contributed by atoms with E-state index in [9.17, 15) is 0 Å². The molecule has 5 nitrogen and oxygen atoms in total. The molecule has 0 bridgehead atoms. The maximum atomic E-state index is 8.79. The summed E-state index contributed by atoms with van der Waals surface area (Å²) < 4.78 is 5.00. The van der Waals surface area contributed by atoms with Gasteiger partial charge in [-0.15, -0.1) is 0 Å². The highest BCUT2D eigenvalue weighted by Gasteiger charge is 2.10. The number of hydrazine groups is 1. The van der Waals surface area contributed by atoms with E-state index in [4.69, 9.17) is 15.8 Å². The maximum Gasteiger partial charge on any atom is 0.162 e. The van der Waals surface area contributed by atoms with Crippen molar-refractivity contribution in [1.82, 2.24) is 4.98 Å². The number of aromatic nitrogens is 1. The summed E-state index contributed by atoms with van der Waals surface area (Å²) in [5.74, 6) is 6.01. The van der Waals surface area contributed by atoms with Gasteiger partial charge in [-0.2, -0.15) is 5.26 Å². The van der Waals surface area contributed by atoms with Crippen molar-refractivity contribution in [2.75, 3.05) is 12.5 Å². The standard InChI is InChI=1S/C8H10N4O/c1-5-3-7(13-2)6(4-9)8(11-5)12-10/h3H,10H2,1-2H3,(H,11,12). The maximum absolute atomic E-state index is 8.79. The predicted octanol–water partition coefficient (Wildman–Crippen LogP) is 0.556. The first kappa shape index (κ1) is 9.29. The quantitative estimate of drug-likeness (QED) is 0.510. The van der Waals surface area contributed by atoms with Crippen LogP contribution in [0.2, 0.25) is 0 Å². The zero-order valence-electron chi connectivity index (χ0n) is 7.46. The molecule has 0 aliphatic heterocycles. The lowest BCUT2D eigenvalue weighted by Gasteiger charge is -2.07. The molecule has 5 heteroatoms. The second kappa shape index (κ2) is 3.74. The first-order valence-electron chi connectivity index (χ1n) is 3.65. The Balaban J connectivity index is 3.36. The van der Waals surface area contributed by atoms with Crippen molar-refractivity contribution in [2.45, 2.75) is 6.92 Å². The minimum absolute atomic E-state index is 0.315. The van der Waals surface area contributed by atoms with Gasteiger partial charge in [-0.1, -0.05) is 0 Å². The smallest absolute Gasteiger partial charge is 0.162 e. The van der Waals surface area contributed by atoms with Crippen molar-refractivity contribution in [2.24, 2.45) is 5.84 Å². The van der Waals surface area contributed by atoms with Crippen LogP contribution in [-0.2, 0) is 0 Å². The normalized spacial score (nSPS) is 9.08. The summed E-state index contributed by atoms with van der Waals surface area (Å²) in [6, 6.07) is 3.64. The van der Waals surface area contributed by atoms with Gasteiger partial charge in [0.1, 0.15) is 17.4 Å². The van der Waals surface area contributed by atoms with Crippen LogP contribution in [0.25, 0.3) is 0 Å². The summed E-state index contributed by atoms with van der Waals surface area (Å²) in [5.41, 5.74) is 3.40. The molecule has 1 rings (SSSR count). The molecule has 0 amide bonds. The van der Waals surface area contributed by atoms with Crippen molar-refractivity contribution in [3.8, 4) is 11.8 Å². The second-order valence-electron chi connectivity index (χ2n) is 2.45. The van der Waals surface area contributed by atoms with Crippen LogP contribution in [0.5, 0.6) is 5.75 Å². The SMILES string of the molecule is COc1cc(C)nc(NN)c1C#N. The predicted molar refractivity (Wildman–Crippen MR) is 48.1 cm³/mol. The van der Waals surface area contributed by atoms with Crippen LogP contribution in [0, 0.1) is 18.3 Å². The molecule has 1 aromatic rings. The van der Waals surface area contributed by atoms with Crippen LogP contribution in [0.1, 0.15) is 11.3 Å². The van der Waals surface area contributed by atoms with Gasteiger partial charge in [-0.25, -0.2) is 10.8 Å². The molecular weight excluding hydrogens is 168 g/mol. The van der Waals surface area contributed by atoms with E-state index in [0.29, 0.717) is 17.1 Å². The lowest BCUT2D eigenvalue weighted by atomic mass is 10.2. The first-order valence-corrected chi connectivity index (χ1v) is 3.65. The minimum atomic E-state index is 0.315. The minimum Gasteiger partial charge on any atom is -0.495 e. The highest BCUT2D eigenvalue weighted by molar-refractivity contribution is 5.59. The van der Waals surface area contributed by atoms with Gasteiger partial charge >= 0.3 is 0 Å². The van der Waals surface area contributed by atoms with E-state index >= 15 is 0 Å². The molecule has 68 valence electrons. The molecule has 0 radical (unpaired) electrons. The van der Waals surface area contributed by atoms with E-state index in [1.165, 1.54) is 7.11 Å². The number of nitrogens with two attached hydrogens (primary N) is 1. The average molecular weight is 178 g/mol. The van der Waals surface area contributed by atoms with E-state index in [0.717, 1.165) is 5.69 Å². The zero-order valence-corrected chi connectivity index (χ0v) is 7.46. The van der Waals surface area contributed by atoms with Crippen molar-refractivity contribution in [3.63, 3.8) is 0 Å². The Bertz CT molecular complexity index is 331. The summed E-state index contributed by atoms with van der Waals surface area (Å²) in [4.78, 5) is 4.03. The molecule has 0 saturated heterocycles. The summed E-state index contributed by atoms with van der Waals surface area (Å²) in [7, 11) is 1.50. The number of rotatable bonds is 2. The molecule has 0 unspecified atom stereocenters. The summed E-state index contributed by atoms with van der Waals surface area (Å²) in [5, 5.41) is 8.79. The third-order valence-electron chi connectivity index (χ3n) is 1.58. The number of nitriles is 1. The molecule has 0 saturated carbocycles. The zero-order chi connectivity index (χ0) is 9.84. The number of methoxy groups -OCH3 is 1. The molecule has 1 aromatic heterocycles. The molecule has 0 fully saturated rings. The van der Waals surface area contributed by atoms with Crippen LogP contribution < -0.4 is 16.0 Å². The number of hydrogen-bond donors (Lipinski definition) is 2. The molecule has 0 atom stereocenters. The summed E-state index contributed by atoms with van der Waals surface area (Å²) in [6.07, 6.45) is 0. The van der Waals surface area contributed by atoms with E-state index < -0.39 is 0 Å². The molecule has 0 aliphatic carbocycles. The molecule has 1 heterocycles. The van der Waals surface area contributed by atoms with Crippen molar-refractivity contribution >= 4 is 5.82 Å². The number of hydrogen-bond acceptors (Lipinski definition) is 5. The fraction of sp³-hybridized carbons (Fsp3) is 0.250. The van der Waals surface area contributed by atoms with Gasteiger partial charge in [0.05, 0.1) is 7.11 Å². The van der Waals surface area contributed by atoms with Gasteiger partial charge in [-0.3, -0.25) is 0 Å². The highest BCUT2D eigenvalue weighted by atomic mass is 16.5. The highest BCUT2D eigenvalue weighted by Crippen LogP contribution is 2.23. The second-order valence-corrected chi connectivity index (χ2v) is 2.45. The fourth-order valence-corrected chi connectivity index (χ4v) is 1.02. The van der Waals surface area contributed by atoms with Crippen LogP contribution in [0.4, 0.5) is 5.82 Å². The number of ether oxygens (including phenoxy) is 1. The van der Waals surface area contributed by atoms with Crippen molar-refractivity contribution in [3.05, 3.63) is 17.3 Å². The third kappa shape index (κ3) is 1.68. The van der Waals surface area contributed by atoms with Crippen molar-refractivity contribution < 1.29 is 4.74 Å². The Hall–Kier alpha value is -1.80. The lowest BCUT2D eigenvalue weighted by Crippen LogP contribution is -2.11. The van der Waals surface area contributed by atoms with Crippen LogP contribution in [0.15, 0.2) is 6.07 Å². The Morgan fingerprint density at radius 2 is 2.38 bits per heavy atom. The number of aryl methyl sites for hydroxylation is 1. The van der Waals surface area contributed by atoms with Gasteiger partial charge in [0.25, 0.3) is 0 Å². The molecule has 3 N–H and O–H groups in total. The summed E-state index contributed by atoms with van der Waals surface area (Å²) >= 11 is 0. The largest absolute Gasteiger partial charge is 0.495 e. The number of pyridine rings is 1. The lowest BCUT2D eigenvalue weighted by molar-refractivity contribution is 0.412. The van der Waals surface area contributed by atoms with E-state index in [1.807, 2.05) is 6.07 Å². The third-order valence-corrected chi connectivity index (χ3v) is 1.58. The van der Waals surface area contributed by atoms with Gasteiger partial charge in [-0.05, 0) is 6.92 Å². The topological polar surface area (TPSA) is 84.0 Å². The monoisotopic (exact) mass is 178 g/mol. The molecular formula is C8H10N4O. The molecule has 0 aromatic carbocycles. The Morgan fingerprint density at radius 3 is 2.85 bits per heavy atom. The van der Waals surface area contributed by atoms with E-state index in [1.54, 1.807) is 13.0 Å². The number of anilines is 1. The van der Waals surface area contributed by atoms with Gasteiger partial charge in [0, 0.05) is 11.8 Å². The Morgan fingerprint density at radius 1 is 1.69 bits per heavy atom. The molecule has 13 heavy (non-hydrogen) atoms. The number of nitrogen functional groups attached to an aromatic ring is 1. The van der Waals surface area contributed by atoms with Gasteiger partial charge in [0.15, 0.2) is 5.82 Å². The Labute approximate surface area is 76.1 Å². The molecule has 0 aliphatic rings. The fourth-order valence-electron chi connectivity index (χ4n) is 1.02. The van der Waals surface area contributed by atoms with Crippen LogP contribution in [0.3, 0.4) is 0 Å². The summed E-state index contributed by atoms with van der Waals surface area (Å²) in [6.45, 7) is 1.80. The average Bonchev–Trinajstić information content (AvgIpc) is 2.16. The van der Waals surface area contributed by atoms with E-state index in [-0.39, 0.29) is 0 Å². The molecule has 0 spiro atoms. The van der Waals surface area contributed by atoms with E-state index in [2.05, 4.69) is 10.4 Å². The van der Waals surface area contributed by atoms with Crippen molar-refractivity contribution in [1.29, 1.82) is 5.26 Å². The number of nitrogens with zero attached hydrogens (tertiary/aromatic N) is 2.